The van der Waals surface area contributed by atoms with Crippen LogP contribution in [0.15, 0.2) is 48.5 Å². The minimum absolute atomic E-state index is 0.0164. The molecule has 69 heavy (non-hydrogen) atoms. The first-order valence-corrected chi connectivity index (χ1v) is 22.1. The van der Waals surface area contributed by atoms with Crippen molar-refractivity contribution < 1.29 is 95.3 Å². The number of esters is 7. The van der Waals surface area contributed by atoms with E-state index in [0.29, 0.717) is 16.0 Å². The van der Waals surface area contributed by atoms with Gasteiger partial charge in [0.05, 0.1) is 28.6 Å². The average molecular weight is 970 g/mol. The number of rotatable bonds is 16. The van der Waals surface area contributed by atoms with Crippen LogP contribution >= 0.6 is 0 Å². The van der Waals surface area contributed by atoms with Gasteiger partial charge in [-0.15, -0.1) is 0 Å². The van der Waals surface area contributed by atoms with Crippen LogP contribution < -0.4 is 0 Å². The van der Waals surface area contributed by atoms with E-state index in [1.165, 1.54) is 31.2 Å². The third kappa shape index (κ3) is 13.7. The number of carbonyl (C=O) groups excluding carboxylic acids is 9. The van der Waals surface area contributed by atoms with Crippen LogP contribution in [0.2, 0.25) is 0 Å². The van der Waals surface area contributed by atoms with E-state index in [4.69, 9.17) is 52.1 Å². The van der Waals surface area contributed by atoms with Crippen LogP contribution in [0.25, 0.3) is 0 Å². The Morgan fingerprint density at radius 3 is 1.48 bits per heavy atom. The summed E-state index contributed by atoms with van der Waals surface area (Å²) in [5, 5.41) is 0. The lowest BCUT2D eigenvalue weighted by molar-refractivity contribution is -0.354. The molecule has 21 heteroatoms. The van der Waals surface area contributed by atoms with Crippen molar-refractivity contribution in [2.45, 2.75) is 151 Å². The summed E-state index contributed by atoms with van der Waals surface area (Å²) >= 11 is 0. The number of amides is 2. The van der Waals surface area contributed by atoms with Gasteiger partial charge in [-0.25, -0.2) is 0 Å². The topological polar surface area (TPSA) is 258 Å². The number of benzene rings is 2. The lowest BCUT2D eigenvalue weighted by atomic mass is 9.93. The van der Waals surface area contributed by atoms with E-state index in [9.17, 15) is 43.2 Å². The van der Waals surface area contributed by atoms with Gasteiger partial charge in [0.25, 0.3) is 11.8 Å². The molecule has 0 spiro atoms. The van der Waals surface area contributed by atoms with Crippen molar-refractivity contribution in [2.75, 3.05) is 13.2 Å². The monoisotopic (exact) mass is 969 g/mol. The Morgan fingerprint density at radius 1 is 0.507 bits per heavy atom. The first-order chi connectivity index (χ1) is 32.3. The first-order valence-electron chi connectivity index (χ1n) is 22.1. The highest BCUT2D eigenvalue weighted by Gasteiger charge is 2.60. The van der Waals surface area contributed by atoms with Crippen molar-refractivity contribution >= 4 is 53.6 Å². The molecule has 3 aliphatic heterocycles. The second-order valence-electron chi connectivity index (χ2n) is 18.6. The molecule has 3 aliphatic rings. The Balaban J connectivity index is 1.68. The molecule has 2 fully saturated rings. The van der Waals surface area contributed by atoms with E-state index < -0.39 is 139 Å². The predicted molar refractivity (Wildman–Crippen MR) is 233 cm³/mol. The zero-order valence-electron chi connectivity index (χ0n) is 40.3. The minimum Gasteiger partial charge on any atom is -0.463 e. The molecular weight excluding hydrogens is 911 g/mol. The molecule has 2 aromatic rings. The van der Waals surface area contributed by atoms with Gasteiger partial charge in [-0.2, -0.15) is 0 Å². The predicted octanol–water partition coefficient (Wildman–Crippen LogP) is 3.67. The van der Waals surface area contributed by atoms with Gasteiger partial charge in [0.15, 0.2) is 37.0 Å². The standard InChI is InChI=1S/C48H59NO20/c1-24(50)59-20-29-16-18-30(19-17-29)21-61-44-40(69-46(58)48(9,10)11)39(65-28(5)54)37(34(67-44)23-62-45(57)47(6,7)8)68-43-35(49-41(55)31-14-12-13-15-32(31)42(49)56)38(64-27(4)53)36(63-26(3)52)33(66-43)22-60-25(2)51/h12-19,33-40,43-44H,20-23H2,1-11H3/t33-,34-,35-,36-,37+,38-,39+,40-,43+,44-/m1/s1. The maximum atomic E-state index is 14.4. The molecule has 0 saturated carbocycles. The van der Waals surface area contributed by atoms with Crippen molar-refractivity contribution in [3.8, 4) is 0 Å². The normalized spacial score (nSPS) is 25.7. The Morgan fingerprint density at radius 2 is 0.971 bits per heavy atom. The molecule has 0 aliphatic carbocycles. The van der Waals surface area contributed by atoms with E-state index in [-0.39, 0.29) is 24.3 Å². The van der Waals surface area contributed by atoms with E-state index in [1.807, 2.05) is 0 Å². The number of hydrogen-bond donors (Lipinski definition) is 0. The molecule has 0 N–H and O–H groups in total. The van der Waals surface area contributed by atoms with Crippen LogP contribution in [-0.2, 0) is 98.9 Å². The van der Waals surface area contributed by atoms with Crippen LogP contribution in [0.1, 0.15) is 108 Å². The van der Waals surface area contributed by atoms with Gasteiger partial charge in [-0.1, -0.05) is 36.4 Å². The molecule has 2 amide bonds. The number of imide groups is 1. The third-order valence-corrected chi connectivity index (χ3v) is 10.7. The van der Waals surface area contributed by atoms with Crippen LogP contribution in [0.3, 0.4) is 0 Å². The minimum atomic E-state index is -1.99. The highest BCUT2D eigenvalue weighted by Crippen LogP contribution is 2.39. The maximum absolute atomic E-state index is 14.4. The van der Waals surface area contributed by atoms with E-state index in [1.54, 1.807) is 65.8 Å². The van der Waals surface area contributed by atoms with Gasteiger partial charge in [-0.05, 0) is 64.8 Å². The largest absolute Gasteiger partial charge is 0.463 e. The smallest absolute Gasteiger partial charge is 0.311 e. The van der Waals surface area contributed by atoms with Crippen molar-refractivity contribution in [3.63, 3.8) is 0 Å². The zero-order valence-corrected chi connectivity index (χ0v) is 40.3. The molecule has 2 aromatic carbocycles. The Hall–Kier alpha value is -6.29. The lowest BCUT2D eigenvalue weighted by Gasteiger charge is -2.50. The zero-order chi connectivity index (χ0) is 51.1. The second-order valence-corrected chi connectivity index (χ2v) is 18.6. The molecule has 2 saturated heterocycles. The number of ether oxygens (including phenoxy) is 11. The number of nitrogens with zero attached hydrogens (tertiary/aromatic N) is 1. The Kier molecular flexibility index (Phi) is 17.4. The number of carbonyl (C=O) groups is 9. The second kappa shape index (κ2) is 22.4. The molecule has 3 heterocycles. The summed E-state index contributed by atoms with van der Waals surface area (Å²) in [6, 6.07) is 10.7. The molecule has 0 bridgehead atoms. The summed E-state index contributed by atoms with van der Waals surface area (Å²) in [5.41, 5.74) is -1.08. The summed E-state index contributed by atoms with van der Waals surface area (Å²) < 4.78 is 65.5. The van der Waals surface area contributed by atoms with Crippen molar-refractivity contribution in [3.05, 3.63) is 70.8 Å². The number of hydrogen-bond acceptors (Lipinski definition) is 20. The molecule has 0 radical (unpaired) electrons. The van der Waals surface area contributed by atoms with E-state index in [0.717, 1.165) is 27.7 Å². The quantitative estimate of drug-likeness (QED) is 0.132. The maximum Gasteiger partial charge on any atom is 0.311 e. The average Bonchev–Trinajstić information content (AvgIpc) is 3.50. The van der Waals surface area contributed by atoms with Crippen molar-refractivity contribution in [1.82, 2.24) is 4.90 Å². The van der Waals surface area contributed by atoms with Gasteiger partial charge in [0.2, 0.25) is 0 Å². The van der Waals surface area contributed by atoms with Crippen LogP contribution in [0.4, 0.5) is 0 Å². The molecular formula is C48H59NO20. The number of fused-ring (bicyclic) bond motifs is 1. The van der Waals surface area contributed by atoms with Crippen molar-refractivity contribution in [1.29, 1.82) is 0 Å². The molecule has 0 aromatic heterocycles. The van der Waals surface area contributed by atoms with Gasteiger partial charge in [0, 0.05) is 34.6 Å². The molecule has 21 nitrogen and oxygen atoms in total. The highest BCUT2D eigenvalue weighted by atomic mass is 16.8. The summed E-state index contributed by atoms with van der Waals surface area (Å²) in [6.45, 7) is 13.5. The van der Waals surface area contributed by atoms with Gasteiger partial charge >= 0.3 is 41.8 Å². The fourth-order valence-electron chi connectivity index (χ4n) is 7.43. The van der Waals surface area contributed by atoms with Gasteiger partial charge < -0.3 is 52.1 Å². The lowest BCUT2D eigenvalue weighted by Crippen LogP contribution is -2.70. The van der Waals surface area contributed by atoms with Crippen LogP contribution in [0, 0.1) is 10.8 Å². The summed E-state index contributed by atoms with van der Waals surface area (Å²) in [5.74, 6) is -7.39. The summed E-state index contributed by atoms with van der Waals surface area (Å²) in [4.78, 5) is 119. The fourth-order valence-corrected chi connectivity index (χ4v) is 7.43. The molecule has 0 unspecified atom stereocenters. The van der Waals surface area contributed by atoms with Gasteiger partial charge in [0.1, 0.15) is 44.2 Å². The third-order valence-electron chi connectivity index (χ3n) is 10.7. The summed E-state index contributed by atoms with van der Waals surface area (Å²) in [7, 11) is 0. The van der Waals surface area contributed by atoms with E-state index in [2.05, 4.69) is 0 Å². The highest BCUT2D eigenvalue weighted by molar-refractivity contribution is 6.21. The molecule has 5 rings (SSSR count). The first kappa shape index (κ1) is 53.7. The molecule has 376 valence electrons. The van der Waals surface area contributed by atoms with Crippen molar-refractivity contribution in [2.24, 2.45) is 10.8 Å². The Labute approximate surface area is 398 Å². The van der Waals surface area contributed by atoms with Crippen LogP contribution in [0.5, 0.6) is 0 Å². The Bertz CT molecular complexity index is 2230. The van der Waals surface area contributed by atoms with E-state index >= 15 is 0 Å². The summed E-state index contributed by atoms with van der Waals surface area (Å²) in [6.07, 6.45) is -15.3. The molecule has 10 atom stereocenters. The van der Waals surface area contributed by atoms with Crippen LogP contribution in [-0.4, -0.2) is 133 Å². The fraction of sp³-hybridized carbons (Fsp3) is 0.562. The van der Waals surface area contributed by atoms with Gasteiger partial charge in [-0.3, -0.25) is 48.1 Å². The SMILES string of the molecule is CC(=O)OCc1ccc(CO[C@@H]2O[C@H](COC(=O)C(C)(C)C)[C@H](O[C@@H]3O[C@H](COC(C)=O)[C@@H](OC(C)=O)[C@H](OC(C)=O)[C@H]3N3C(=O)c4ccccc4C3=O)[C@H](OC(C)=O)[C@H]2OC(=O)C(C)(C)C)cc1.